The van der Waals surface area contributed by atoms with Gasteiger partial charge in [0.15, 0.2) is 0 Å². The Bertz CT molecular complexity index is 3670. The van der Waals surface area contributed by atoms with E-state index in [0.717, 1.165) is 0 Å². The van der Waals surface area contributed by atoms with Crippen molar-refractivity contribution in [3.05, 3.63) is 140 Å². The number of anilines is 2. The number of nitrogens with one attached hydrogen (secondary N) is 2. The molecule has 74 heavy (non-hydrogen) atoms. The number of aromatic nitrogens is 2. The number of ether oxygens (including phenoxy) is 2. The molecule has 2 aliphatic rings. The number of nitrogens with zero attached hydrogens (tertiary/aromatic N) is 5. The van der Waals surface area contributed by atoms with Crippen molar-refractivity contribution in [2.75, 3.05) is 68.0 Å². The van der Waals surface area contributed by atoms with E-state index in [1.54, 1.807) is 48.5 Å². The molecule has 10 rings (SSSR count). The molecular weight excluding hydrogens is 1040 g/mol. The zero-order chi connectivity index (χ0) is 52.5. The third kappa shape index (κ3) is 9.20. The van der Waals surface area contributed by atoms with E-state index < -0.39 is 53.5 Å². The smallest absolute Gasteiger partial charge is 0.279 e. The lowest BCUT2D eigenvalue weighted by Gasteiger charge is -2.17. The number of benzene rings is 6. The zero-order valence-electron chi connectivity index (χ0n) is 38.9. The molecule has 0 spiro atoms. The number of fused-ring (bicyclic) bond motifs is 8. The minimum absolute atomic E-state index is 0.0691. The van der Waals surface area contributed by atoms with Crippen LogP contribution in [-0.2, 0) is 20.0 Å². The number of rotatable bonds is 16. The van der Waals surface area contributed by atoms with Gasteiger partial charge in [-0.25, -0.2) is 27.1 Å². The summed E-state index contributed by atoms with van der Waals surface area (Å²) in [5.41, 5.74) is 2.83. The molecule has 8 aromatic rings. The molecule has 2 aliphatic heterocycles. The number of amides is 2. The minimum atomic E-state index is -4.15. The summed E-state index contributed by atoms with van der Waals surface area (Å²) in [6, 6.07) is 24.4. The molecule has 2 amide bonds. The van der Waals surface area contributed by atoms with E-state index in [2.05, 4.69) is 9.97 Å². The average molecular weight is 1080 g/mol. The highest BCUT2D eigenvalue weighted by Gasteiger charge is 2.39. The summed E-state index contributed by atoms with van der Waals surface area (Å²) < 4.78 is 60.5. The number of aromatic amines is 2. The van der Waals surface area contributed by atoms with E-state index in [0.29, 0.717) is 92.9 Å². The largest absolute Gasteiger partial charge is 0.492 e. The van der Waals surface area contributed by atoms with Crippen LogP contribution in [0.4, 0.5) is 22.7 Å². The number of H-pyrrole nitrogens is 2. The van der Waals surface area contributed by atoms with Crippen LogP contribution in [0, 0.1) is 20.2 Å². The van der Waals surface area contributed by atoms with Crippen molar-refractivity contribution in [3.8, 4) is 11.5 Å². The molecule has 2 aromatic heterocycles. The summed E-state index contributed by atoms with van der Waals surface area (Å²) in [6.45, 7) is 2.02. The average Bonchev–Trinajstić information content (AvgIpc) is 4.17. The Morgan fingerprint density at radius 2 is 1.04 bits per heavy atom. The maximum absolute atomic E-state index is 14.1. The van der Waals surface area contributed by atoms with Gasteiger partial charge in [0.2, 0.25) is 20.0 Å². The molecule has 0 bridgehead atoms. The van der Waals surface area contributed by atoms with E-state index in [1.807, 2.05) is 11.9 Å². The number of carbonyl (C=O) groups is 2. The highest BCUT2D eigenvalue weighted by molar-refractivity contribution is 7.89. The van der Waals surface area contributed by atoms with Crippen LogP contribution in [-0.4, -0.2) is 112 Å². The molecule has 0 saturated carbocycles. The Morgan fingerprint density at radius 3 is 1.41 bits per heavy atom. The number of hydrogen-bond donors (Lipinski definition) is 4. The molecule has 382 valence electrons. The van der Waals surface area contributed by atoms with Crippen LogP contribution in [0.1, 0.15) is 43.9 Å². The lowest BCUT2D eigenvalue weighted by molar-refractivity contribution is -0.383. The molecular formula is C49H43Cl2N9O12S2. The van der Waals surface area contributed by atoms with Crippen LogP contribution < -0.4 is 29.6 Å². The second-order valence-electron chi connectivity index (χ2n) is 18.1. The first-order chi connectivity index (χ1) is 35.2. The van der Waals surface area contributed by atoms with Crippen LogP contribution in [0.5, 0.6) is 11.5 Å². The molecule has 21 nitrogen and oxygen atoms in total. The second kappa shape index (κ2) is 19.1. The topological polar surface area (TPSA) is 300 Å². The molecule has 0 aliphatic carbocycles. The number of nitrogens with two attached hydrogens (primary N) is 2. The first-order valence-electron chi connectivity index (χ1n) is 22.7. The maximum atomic E-state index is 14.1. The summed E-state index contributed by atoms with van der Waals surface area (Å²) in [7, 11) is -6.39. The SMILES string of the molecule is CN(CCOc1ccc2[nH]c(C(=O)N3CC(CCl)c4c3cc([N+](=O)[O-])c3cc(S(N)(=O)=O)ccc43)cc2c1)CCOc1ccc2[nH]c(C(=O)N3CC(CCl)c4c3cc([N+](=O)[O-])c3cc(S(N)(=O)=O)ccc43)cc2c1. The number of hydrogen-bond acceptors (Lipinski definition) is 13. The number of nitro groups is 2. The summed E-state index contributed by atoms with van der Waals surface area (Å²) in [6.07, 6.45) is 0. The van der Waals surface area contributed by atoms with Crippen LogP contribution in [0.15, 0.2) is 107 Å². The number of primary sulfonamides is 2. The van der Waals surface area contributed by atoms with Gasteiger partial charge in [-0.05, 0) is 102 Å². The van der Waals surface area contributed by atoms with E-state index >= 15 is 0 Å². The monoisotopic (exact) mass is 1080 g/mol. The predicted octanol–water partition coefficient (Wildman–Crippen LogP) is 7.42. The lowest BCUT2D eigenvalue weighted by atomic mass is 9.95. The van der Waals surface area contributed by atoms with Gasteiger partial charge in [-0.15, -0.1) is 23.2 Å². The minimum Gasteiger partial charge on any atom is -0.492 e. The maximum Gasteiger partial charge on any atom is 0.279 e. The van der Waals surface area contributed by atoms with Crippen molar-refractivity contribution in [2.24, 2.45) is 10.3 Å². The van der Waals surface area contributed by atoms with Crippen molar-refractivity contribution in [1.82, 2.24) is 14.9 Å². The van der Waals surface area contributed by atoms with Gasteiger partial charge in [-0.2, -0.15) is 0 Å². The number of sulfonamides is 2. The number of halogens is 2. The number of likely N-dealkylation sites (N-methyl/N-ethyl adjacent to an activating group) is 1. The van der Waals surface area contributed by atoms with Crippen LogP contribution in [0.2, 0.25) is 0 Å². The fourth-order valence-electron chi connectivity index (χ4n) is 9.88. The molecule has 2 atom stereocenters. The number of non-ortho nitro benzene ring substituents is 2. The second-order valence-corrected chi connectivity index (χ2v) is 21.8. The van der Waals surface area contributed by atoms with Crippen molar-refractivity contribution in [1.29, 1.82) is 0 Å². The number of nitro benzene ring substituents is 2. The summed E-state index contributed by atoms with van der Waals surface area (Å²) in [5.74, 6) is -0.344. The molecule has 4 heterocycles. The number of alkyl halides is 2. The van der Waals surface area contributed by atoms with Gasteiger partial charge >= 0.3 is 0 Å². The Labute approximate surface area is 430 Å². The van der Waals surface area contributed by atoms with Gasteiger partial charge in [0.05, 0.1) is 41.8 Å². The van der Waals surface area contributed by atoms with Crippen molar-refractivity contribution in [2.45, 2.75) is 21.6 Å². The molecule has 0 fully saturated rings. The van der Waals surface area contributed by atoms with Gasteiger partial charge in [-0.1, -0.05) is 12.1 Å². The summed E-state index contributed by atoms with van der Waals surface area (Å²) in [4.78, 5) is 62.1. The van der Waals surface area contributed by atoms with Gasteiger partial charge < -0.3 is 29.2 Å². The normalized spacial score (nSPS) is 15.6. The quantitative estimate of drug-likeness (QED) is 0.0416. The van der Waals surface area contributed by atoms with Crippen molar-refractivity contribution in [3.63, 3.8) is 0 Å². The van der Waals surface area contributed by atoms with E-state index in [9.17, 15) is 46.7 Å². The van der Waals surface area contributed by atoms with Crippen LogP contribution >= 0.6 is 23.2 Å². The van der Waals surface area contributed by atoms with Gasteiger partial charge in [0.1, 0.15) is 36.1 Å². The summed E-state index contributed by atoms with van der Waals surface area (Å²) in [5, 5.41) is 37.5. The molecule has 0 radical (unpaired) electrons. The van der Waals surface area contributed by atoms with E-state index in [-0.39, 0.29) is 68.2 Å². The summed E-state index contributed by atoms with van der Waals surface area (Å²) >= 11 is 12.8. The number of carbonyl (C=O) groups excluding carboxylic acids is 2. The standard InChI is InChI=1S/C49H43Cl2N9O12S2/c1-56(10-12-71-30-2-8-38-26(14-30)16-40(54-38)48(61)57-24-28(22-50)46-34-6-4-32(73(52,67)68)18-36(34)42(59(63)64)20-44(46)57)11-13-72-31-3-9-39-27(15-31)17-41(55-39)49(62)58-25-29(23-51)47-35-7-5-33(74(53,69)70)19-37(35)43(60(65)66)21-45(47)58/h2-9,14-21,28-29,54-55H,10-13,22-25H2,1H3,(H2,52,67,68)(H2,53,69,70). The first kappa shape index (κ1) is 50.2. The Balaban J connectivity index is 0.760. The van der Waals surface area contributed by atoms with Crippen LogP contribution in [0.25, 0.3) is 43.4 Å². The van der Waals surface area contributed by atoms with Crippen LogP contribution in [0.3, 0.4) is 0 Å². The molecule has 0 saturated heterocycles. The van der Waals surface area contributed by atoms with Gasteiger partial charge in [-0.3, -0.25) is 34.7 Å². The van der Waals surface area contributed by atoms with E-state index in [1.165, 1.54) is 58.3 Å². The van der Waals surface area contributed by atoms with Gasteiger partial charge in [0, 0.05) is 83.7 Å². The fourth-order valence-corrected chi connectivity index (χ4v) is 11.5. The molecule has 6 N–H and O–H groups in total. The molecule has 2 unspecified atom stereocenters. The van der Waals surface area contributed by atoms with E-state index in [4.69, 9.17) is 43.0 Å². The predicted molar refractivity (Wildman–Crippen MR) is 279 cm³/mol. The zero-order valence-corrected chi connectivity index (χ0v) is 42.1. The first-order valence-corrected chi connectivity index (χ1v) is 26.9. The van der Waals surface area contributed by atoms with Gasteiger partial charge in [0.25, 0.3) is 23.2 Å². The van der Waals surface area contributed by atoms with Crippen molar-refractivity contribution >= 4 is 121 Å². The highest BCUT2D eigenvalue weighted by Crippen LogP contribution is 2.48. The molecule has 6 aromatic carbocycles. The third-order valence-corrected chi connectivity index (χ3v) is 16.0. The molecule has 25 heteroatoms. The third-order valence-electron chi connectivity index (χ3n) is 13.5. The fraction of sp³-hybridized carbons (Fsp3) is 0.224. The van der Waals surface area contributed by atoms with Crippen molar-refractivity contribution < 1.29 is 45.7 Å². The Morgan fingerprint density at radius 1 is 0.635 bits per heavy atom. The lowest BCUT2D eigenvalue weighted by Crippen LogP contribution is -2.30. The Hall–Kier alpha value is -7.38. The highest BCUT2D eigenvalue weighted by atomic mass is 35.5. The Kier molecular flexibility index (Phi) is 13.0.